The van der Waals surface area contributed by atoms with Crippen molar-refractivity contribution in [3.8, 4) is 0 Å². The lowest BCUT2D eigenvalue weighted by Gasteiger charge is -2.27. The Kier molecular flexibility index (Phi) is 45.1. The summed E-state index contributed by atoms with van der Waals surface area (Å²) >= 11 is 0. The molecule has 0 aromatic carbocycles. The first-order chi connectivity index (χ1) is 40.9. The van der Waals surface area contributed by atoms with Crippen LogP contribution in [-0.4, -0.2) is 200 Å². The maximum Gasteiger partial charge on any atom is 0.397 e. The second-order valence-electron chi connectivity index (χ2n) is 21.9. The highest BCUT2D eigenvalue weighted by Crippen LogP contribution is 2.24. The molecule has 0 saturated carbocycles. The first-order valence-electron chi connectivity index (χ1n) is 29.4. The van der Waals surface area contributed by atoms with E-state index in [0.29, 0.717) is 6.42 Å². The maximum atomic E-state index is 11.7. The third-order valence-corrected chi connectivity index (χ3v) is 14.3. The molecule has 0 amide bonds. The summed E-state index contributed by atoms with van der Waals surface area (Å²) in [6.07, 6.45) is 20.5. The molecular weight excluding hydrogens is 1150 g/mol. The molecule has 0 aliphatic rings. The van der Waals surface area contributed by atoms with Gasteiger partial charge in [-0.3, -0.25) is 9.55 Å². The minimum absolute atomic E-state index is 0.0164. The smallest absolute Gasteiger partial charge is 0.397 e. The number of hydrogen-bond donors (Lipinski definition) is 18. The number of aliphatic imine (C=N–C) groups is 1. The van der Waals surface area contributed by atoms with Crippen molar-refractivity contribution < 1.29 is 98.5 Å². The second kappa shape index (κ2) is 47.9. The molecule has 20 N–H and O–H groups in total. The number of guanidine groups is 1. The van der Waals surface area contributed by atoms with Crippen molar-refractivity contribution in [1.29, 1.82) is 0 Å². The number of carboxylic acid groups (broad SMARTS) is 1. The second-order valence-corrected chi connectivity index (χ2v) is 22.9. The Balaban J connectivity index is 4.83. The summed E-state index contributed by atoms with van der Waals surface area (Å²) < 4.78 is 37.6. The Labute approximate surface area is 514 Å². The number of aliphatic hydroxyl groups is 14. The number of nitrogens with zero attached hydrogens (tertiary/aromatic N) is 1. The fraction of sp³-hybridized carbons (Fsp3) is 0.587. The van der Waals surface area contributed by atoms with Crippen molar-refractivity contribution in [2.45, 2.75) is 209 Å². The molecule has 0 radical (unpaired) electrons. The zero-order valence-corrected chi connectivity index (χ0v) is 51.4. The Bertz CT molecular complexity index is 2380. The summed E-state index contributed by atoms with van der Waals surface area (Å²) in [6, 6.07) is 0. The number of aliphatic hydroxyl groups excluding tert-OH is 14. The molecule has 23 nitrogen and oxygen atoms in total. The van der Waals surface area contributed by atoms with Crippen molar-refractivity contribution >= 4 is 22.3 Å². The van der Waals surface area contributed by atoms with E-state index in [-0.39, 0.29) is 94.6 Å². The average molecular weight is 1250 g/mol. The lowest BCUT2D eigenvalue weighted by Crippen LogP contribution is -2.41. The molecule has 24 heteroatoms. The summed E-state index contributed by atoms with van der Waals surface area (Å²) in [6.45, 7) is 6.93. The van der Waals surface area contributed by atoms with Gasteiger partial charge in [-0.1, -0.05) is 161 Å². The molecule has 0 heterocycles. The number of nitrogens with two attached hydrogens (primary N) is 2. The van der Waals surface area contributed by atoms with Crippen molar-refractivity contribution in [3.63, 3.8) is 0 Å². The van der Waals surface area contributed by atoms with Crippen LogP contribution in [0.2, 0.25) is 0 Å². The molecule has 18 atom stereocenters. The predicted molar refractivity (Wildman–Crippen MR) is 335 cm³/mol. The number of carboxylic acids is 1. The van der Waals surface area contributed by atoms with Gasteiger partial charge in [0.05, 0.1) is 85.5 Å². The van der Waals surface area contributed by atoms with Crippen LogP contribution >= 0.6 is 0 Å². The van der Waals surface area contributed by atoms with E-state index in [1.54, 1.807) is 92.0 Å². The normalized spacial score (nSPS) is 19.9. The molecule has 0 aliphatic heterocycles. The standard InChI is InChI=1S/C63H103N3O20S/c1-43(26-19-15-11-10-12-16-20-27-44(2)62(81)82)60(79)46(4)55(75)33-21-17-13-8-6-5-7-9-14-18-22-34-59(86-87(83,84)85)45(3)56(76)41-53(73)38-49(69)29-23-28-47(67)36-52(72)37-48(68)30-24-31-51(71)40-57(77)61(80)58(78)42-54(74)39-50(70)32-25-35-66-63(64)65/h5-10,12-14,16-24,26-27,29-30,33,43,45-61,67-80H,11,15,25,28,31-32,34-42H2,1-4H3,(H,81,82)(H4,64,65,66)(H,83,84,85)/b7-5+,8-6+,12-10+,14-9+,17-13+,20-16+,22-18+,26-19+,29-23+,30-24+,33-21+,44-27+. The number of carbonyl (C=O) groups is 1. The lowest BCUT2D eigenvalue weighted by atomic mass is 9.88. The van der Waals surface area contributed by atoms with Crippen molar-refractivity contribution in [1.82, 2.24) is 0 Å². The first-order valence-corrected chi connectivity index (χ1v) is 30.8. The highest BCUT2D eigenvalue weighted by Gasteiger charge is 2.31. The van der Waals surface area contributed by atoms with Crippen LogP contribution in [0.5, 0.6) is 0 Å². The van der Waals surface area contributed by atoms with E-state index in [1.165, 1.54) is 44.2 Å². The van der Waals surface area contributed by atoms with Gasteiger partial charge in [-0.25, -0.2) is 8.98 Å². The van der Waals surface area contributed by atoms with E-state index < -0.39 is 120 Å². The topological polar surface area (TPSA) is 449 Å². The molecule has 87 heavy (non-hydrogen) atoms. The zero-order valence-electron chi connectivity index (χ0n) is 50.6. The van der Waals surface area contributed by atoms with Gasteiger partial charge in [0.2, 0.25) is 0 Å². The molecule has 0 rings (SSSR count). The van der Waals surface area contributed by atoms with Crippen LogP contribution in [0.25, 0.3) is 0 Å². The molecule has 0 fully saturated rings. The van der Waals surface area contributed by atoms with Crippen LogP contribution in [0.3, 0.4) is 0 Å². The van der Waals surface area contributed by atoms with Crippen molar-refractivity contribution in [3.05, 3.63) is 145 Å². The molecule has 18 unspecified atom stereocenters. The van der Waals surface area contributed by atoms with Crippen molar-refractivity contribution in [2.75, 3.05) is 6.54 Å². The summed E-state index contributed by atoms with van der Waals surface area (Å²) in [5.74, 6) is -2.57. The molecule has 0 spiro atoms. The lowest BCUT2D eigenvalue weighted by molar-refractivity contribution is -0.132. The number of hydrogen-bond acceptors (Lipinski definition) is 19. The highest BCUT2D eigenvalue weighted by molar-refractivity contribution is 7.80. The third kappa shape index (κ3) is 44.1. The van der Waals surface area contributed by atoms with E-state index in [4.69, 9.17) is 20.8 Å². The SMILES string of the molecule is C\C(=C/C=C/C=C/CC/C=C/C(C)C(O)C(C)C(O)/C=C/C=C/C=C/C=C/C=C/C=C/CC(OS(=O)(=O)O)C(C)C(O)CC(O)CC(O)/C=C/CC(O)CC(O)CC(O)/C=C/CC(O)CC(O)C(O)C(O)CC(O)CC(O)CCCN=C(N)N)C(=O)O. The summed E-state index contributed by atoms with van der Waals surface area (Å²) in [5.41, 5.74) is 10.7. The van der Waals surface area contributed by atoms with Gasteiger partial charge in [0, 0.05) is 55.6 Å². The van der Waals surface area contributed by atoms with Gasteiger partial charge >= 0.3 is 16.4 Å². The molecule has 0 aliphatic carbocycles. The van der Waals surface area contributed by atoms with Gasteiger partial charge < -0.3 is 88.1 Å². The quantitative estimate of drug-likeness (QED) is 0.00792. The summed E-state index contributed by atoms with van der Waals surface area (Å²) in [5, 5.41) is 155. The van der Waals surface area contributed by atoms with Crippen LogP contribution in [0.4, 0.5) is 0 Å². The Morgan fingerprint density at radius 1 is 0.494 bits per heavy atom. The summed E-state index contributed by atoms with van der Waals surface area (Å²) in [7, 11) is -4.93. The predicted octanol–water partition coefficient (Wildman–Crippen LogP) is 3.02. The van der Waals surface area contributed by atoms with E-state index in [0.717, 1.165) is 12.8 Å². The largest absolute Gasteiger partial charge is 0.478 e. The fourth-order valence-corrected chi connectivity index (χ4v) is 9.13. The van der Waals surface area contributed by atoms with Crippen LogP contribution in [0, 0.1) is 17.8 Å². The van der Waals surface area contributed by atoms with Crippen LogP contribution in [0.1, 0.15) is 118 Å². The van der Waals surface area contributed by atoms with Gasteiger partial charge in [0.25, 0.3) is 0 Å². The Hall–Kier alpha value is -5.07. The van der Waals surface area contributed by atoms with Gasteiger partial charge in [0.1, 0.15) is 6.10 Å². The van der Waals surface area contributed by atoms with E-state index in [9.17, 15) is 89.3 Å². The van der Waals surface area contributed by atoms with E-state index in [1.807, 2.05) is 31.2 Å². The average Bonchev–Trinajstić information content (AvgIpc) is 3.48. The number of rotatable bonds is 48. The van der Waals surface area contributed by atoms with Gasteiger partial charge in [-0.15, -0.1) is 0 Å². The first kappa shape index (κ1) is 81.9. The maximum absolute atomic E-state index is 11.7. The molecule has 0 saturated heterocycles. The molecular formula is C63H103N3O20S. The fourth-order valence-electron chi connectivity index (χ4n) is 8.56. The van der Waals surface area contributed by atoms with E-state index in [2.05, 4.69) is 4.99 Å². The van der Waals surface area contributed by atoms with Gasteiger partial charge in [-0.05, 0) is 71.1 Å². The third-order valence-electron chi connectivity index (χ3n) is 13.8. The zero-order chi connectivity index (χ0) is 65.9. The Morgan fingerprint density at radius 3 is 1.51 bits per heavy atom. The number of allylic oxidation sites excluding steroid dienone is 16. The minimum Gasteiger partial charge on any atom is -0.478 e. The van der Waals surface area contributed by atoms with Crippen LogP contribution in [0.15, 0.2) is 150 Å². The Morgan fingerprint density at radius 2 is 0.954 bits per heavy atom. The van der Waals surface area contributed by atoms with Gasteiger partial charge in [0.15, 0.2) is 5.96 Å². The number of aliphatic carboxylic acids is 1. The van der Waals surface area contributed by atoms with Crippen LogP contribution in [-0.2, 0) is 19.4 Å². The monoisotopic (exact) mass is 1250 g/mol. The van der Waals surface area contributed by atoms with Crippen molar-refractivity contribution in [2.24, 2.45) is 34.2 Å². The molecule has 0 bridgehead atoms. The minimum atomic E-state index is -4.93. The van der Waals surface area contributed by atoms with Crippen LogP contribution < -0.4 is 11.5 Å². The van der Waals surface area contributed by atoms with E-state index >= 15 is 0 Å². The number of unbranched alkanes of at least 4 members (excludes halogenated alkanes) is 1. The molecule has 0 aromatic heterocycles. The molecule has 496 valence electrons. The highest BCUT2D eigenvalue weighted by atomic mass is 32.3. The van der Waals surface area contributed by atoms with Gasteiger partial charge in [-0.2, -0.15) is 8.42 Å². The summed E-state index contributed by atoms with van der Waals surface area (Å²) in [4.78, 5) is 14.6. The molecule has 0 aromatic rings.